The molecule has 4 nitrogen and oxygen atoms in total. The lowest BCUT2D eigenvalue weighted by Gasteiger charge is -2.26. The summed E-state index contributed by atoms with van der Waals surface area (Å²) in [5.41, 5.74) is 2.18. The average Bonchev–Trinajstić information content (AvgIpc) is 2.37. The fourth-order valence-corrected chi connectivity index (χ4v) is 4.06. The van der Waals surface area contributed by atoms with E-state index >= 15 is 0 Å². The maximum atomic E-state index is 12.8. The van der Waals surface area contributed by atoms with Crippen molar-refractivity contribution in [2.75, 3.05) is 6.54 Å². The van der Waals surface area contributed by atoms with E-state index in [0.29, 0.717) is 5.56 Å². The van der Waals surface area contributed by atoms with Crippen molar-refractivity contribution in [1.82, 2.24) is 4.31 Å². The van der Waals surface area contributed by atoms with Gasteiger partial charge in [0.1, 0.15) is 0 Å². The number of aryl methyl sites for hydroxylation is 1. The molecule has 0 saturated heterocycles. The lowest BCUT2D eigenvalue weighted by atomic mass is 10.1. The van der Waals surface area contributed by atoms with Crippen molar-refractivity contribution in [3.05, 3.63) is 41.5 Å². The minimum absolute atomic E-state index is 0.157. The van der Waals surface area contributed by atoms with Crippen molar-refractivity contribution in [2.24, 2.45) is 0 Å². The SMILES string of the molecule is C=CCN(C(C)C)S(=O)(=O)c1cc(CO)cc(C)c1C. The van der Waals surface area contributed by atoms with Crippen molar-refractivity contribution in [3.63, 3.8) is 0 Å². The molecule has 0 aliphatic carbocycles. The Morgan fingerprint density at radius 2 is 1.95 bits per heavy atom. The lowest BCUT2D eigenvalue weighted by molar-refractivity contribution is 0.281. The summed E-state index contributed by atoms with van der Waals surface area (Å²) in [6.07, 6.45) is 1.58. The molecule has 0 aromatic heterocycles. The van der Waals surface area contributed by atoms with Gasteiger partial charge < -0.3 is 5.11 Å². The molecule has 1 aromatic carbocycles. The number of aliphatic hydroxyl groups is 1. The van der Waals surface area contributed by atoms with Gasteiger partial charge in [0.2, 0.25) is 10.0 Å². The van der Waals surface area contributed by atoms with Crippen molar-refractivity contribution >= 4 is 10.0 Å². The van der Waals surface area contributed by atoms with Gasteiger partial charge in [0.25, 0.3) is 0 Å². The predicted octanol–water partition coefficient (Wildman–Crippen LogP) is 2.38. The molecule has 112 valence electrons. The molecule has 0 saturated carbocycles. The van der Waals surface area contributed by atoms with E-state index in [4.69, 9.17) is 0 Å². The third kappa shape index (κ3) is 3.29. The Bertz CT molecular complexity index is 591. The molecule has 0 spiro atoms. The van der Waals surface area contributed by atoms with Crippen LogP contribution < -0.4 is 0 Å². The van der Waals surface area contributed by atoms with Gasteiger partial charge in [0.05, 0.1) is 11.5 Å². The molecule has 0 bridgehead atoms. The molecular formula is C15H23NO3S. The van der Waals surface area contributed by atoms with Crippen LogP contribution in [0.1, 0.15) is 30.5 Å². The molecule has 1 N–H and O–H groups in total. The molecule has 1 aromatic rings. The van der Waals surface area contributed by atoms with E-state index in [0.717, 1.165) is 11.1 Å². The standard InChI is InChI=1S/C15H23NO3S/c1-6-7-16(11(2)3)20(18,19)15-9-14(10-17)8-12(4)13(15)5/h6,8-9,11,17H,1,7,10H2,2-5H3. The second kappa shape index (κ2) is 6.52. The lowest BCUT2D eigenvalue weighted by Crippen LogP contribution is -2.37. The third-order valence-electron chi connectivity index (χ3n) is 3.33. The van der Waals surface area contributed by atoms with Crippen LogP contribution in [0.3, 0.4) is 0 Å². The molecule has 0 atom stereocenters. The molecule has 0 radical (unpaired) electrons. The Kier molecular flexibility index (Phi) is 5.50. The number of hydrogen-bond acceptors (Lipinski definition) is 3. The summed E-state index contributed by atoms with van der Waals surface area (Å²) in [7, 11) is -3.60. The molecule has 20 heavy (non-hydrogen) atoms. The largest absolute Gasteiger partial charge is 0.392 e. The smallest absolute Gasteiger partial charge is 0.243 e. The van der Waals surface area contributed by atoms with Crippen LogP contribution in [0.5, 0.6) is 0 Å². The van der Waals surface area contributed by atoms with E-state index < -0.39 is 10.0 Å². The highest BCUT2D eigenvalue weighted by Crippen LogP contribution is 2.25. The second-order valence-corrected chi connectivity index (χ2v) is 7.01. The highest BCUT2D eigenvalue weighted by Gasteiger charge is 2.28. The fourth-order valence-electron chi connectivity index (χ4n) is 2.10. The number of aliphatic hydroxyl groups excluding tert-OH is 1. The van der Waals surface area contributed by atoms with Crippen LogP contribution >= 0.6 is 0 Å². The van der Waals surface area contributed by atoms with E-state index in [9.17, 15) is 13.5 Å². The first kappa shape index (κ1) is 16.9. The summed E-state index contributed by atoms with van der Waals surface area (Å²) >= 11 is 0. The van der Waals surface area contributed by atoms with Gasteiger partial charge in [-0.2, -0.15) is 4.31 Å². The van der Waals surface area contributed by atoms with E-state index in [1.165, 1.54) is 4.31 Å². The third-order valence-corrected chi connectivity index (χ3v) is 5.50. The van der Waals surface area contributed by atoms with Gasteiger partial charge >= 0.3 is 0 Å². The van der Waals surface area contributed by atoms with Gasteiger partial charge in [-0.1, -0.05) is 12.1 Å². The molecule has 0 aliphatic rings. The Balaban J connectivity index is 3.48. The van der Waals surface area contributed by atoms with Crippen molar-refractivity contribution in [1.29, 1.82) is 0 Å². The van der Waals surface area contributed by atoms with Gasteiger partial charge in [-0.15, -0.1) is 6.58 Å². The summed E-state index contributed by atoms with van der Waals surface area (Å²) in [6.45, 7) is 11.0. The van der Waals surface area contributed by atoms with Crippen molar-refractivity contribution in [2.45, 2.75) is 45.2 Å². The maximum Gasteiger partial charge on any atom is 0.243 e. The number of benzene rings is 1. The first-order chi connectivity index (χ1) is 9.25. The fraction of sp³-hybridized carbons (Fsp3) is 0.467. The maximum absolute atomic E-state index is 12.8. The minimum atomic E-state index is -3.60. The van der Waals surface area contributed by atoms with Crippen LogP contribution in [0.4, 0.5) is 0 Å². The zero-order valence-electron chi connectivity index (χ0n) is 12.5. The molecule has 0 amide bonds. The normalized spacial score (nSPS) is 12.2. The van der Waals surface area contributed by atoms with Gasteiger partial charge in [-0.25, -0.2) is 8.42 Å². The Morgan fingerprint density at radius 1 is 1.35 bits per heavy atom. The summed E-state index contributed by atoms with van der Waals surface area (Å²) in [4.78, 5) is 0.261. The molecular weight excluding hydrogens is 274 g/mol. The zero-order chi connectivity index (χ0) is 15.5. The second-order valence-electron chi connectivity index (χ2n) is 5.15. The summed E-state index contributed by atoms with van der Waals surface area (Å²) in [6, 6.07) is 3.20. The first-order valence-corrected chi connectivity index (χ1v) is 8.03. The molecule has 0 heterocycles. The van der Waals surface area contributed by atoms with E-state index in [1.54, 1.807) is 19.1 Å². The zero-order valence-corrected chi connectivity index (χ0v) is 13.4. The van der Waals surface area contributed by atoms with E-state index in [-0.39, 0.29) is 24.1 Å². The van der Waals surface area contributed by atoms with Crippen LogP contribution in [0.15, 0.2) is 29.7 Å². The average molecular weight is 297 g/mol. The Hall–Kier alpha value is -1.17. The van der Waals surface area contributed by atoms with Gasteiger partial charge in [0, 0.05) is 12.6 Å². The van der Waals surface area contributed by atoms with Crippen LogP contribution in [0, 0.1) is 13.8 Å². The molecule has 0 aliphatic heterocycles. The molecule has 5 heteroatoms. The first-order valence-electron chi connectivity index (χ1n) is 6.59. The van der Waals surface area contributed by atoms with E-state index in [2.05, 4.69) is 6.58 Å². The minimum Gasteiger partial charge on any atom is -0.392 e. The summed E-state index contributed by atoms with van der Waals surface area (Å²) < 4.78 is 27.0. The van der Waals surface area contributed by atoms with Gasteiger partial charge in [-0.05, 0) is 50.5 Å². The quantitative estimate of drug-likeness (QED) is 0.820. The summed E-state index contributed by atoms with van der Waals surface area (Å²) in [5, 5.41) is 9.27. The monoisotopic (exact) mass is 297 g/mol. The molecule has 0 unspecified atom stereocenters. The Labute approximate surface area is 121 Å². The number of hydrogen-bond donors (Lipinski definition) is 1. The van der Waals surface area contributed by atoms with Crippen LogP contribution in [0.25, 0.3) is 0 Å². The van der Waals surface area contributed by atoms with Crippen molar-refractivity contribution in [3.8, 4) is 0 Å². The predicted molar refractivity (Wildman–Crippen MR) is 81.1 cm³/mol. The van der Waals surface area contributed by atoms with E-state index in [1.807, 2.05) is 26.8 Å². The Morgan fingerprint density at radius 3 is 2.40 bits per heavy atom. The summed E-state index contributed by atoms with van der Waals surface area (Å²) in [5.74, 6) is 0. The number of rotatable bonds is 6. The van der Waals surface area contributed by atoms with Crippen molar-refractivity contribution < 1.29 is 13.5 Å². The molecule has 1 rings (SSSR count). The topological polar surface area (TPSA) is 57.6 Å². The van der Waals surface area contributed by atoms with Crippen LogP contribution in [-0.4, -0.2) is 30.4 Å². The van der Waals surface area contributed by atoms with Crippen LogP contribution in [0.2, 0.25) is 0 Å². The molecule has 0 fully saturated rings. The highest BCUT2D eigenvalue weighted by molar-refractivity contribution is 7.89. The number of sulfonamides is 1. The highest BCUT2D eigenvalue weighted by atomic mass is 32.2. The number of nitrogens with zero attached hydrogens (tertiary/aromatic N) is 1. The van der Waals surface area contributed by atoms with Gasteiger partial charge in [0.15, 0.2) is 0 Å². The van der Waals surface area contributed by atoms with Crippen LogP contribution in [-0.2, 0) is 16.6 Å². The van der Waals surface area contributed by atoms with Gasteiger partial charge in [-0.3, -0.25) is 0 Å².